The molecule has 0 amide bonds. The van der Waals surface area contributed by atoms with Crippen LogP contribution in [-0.2, 0) is 0 Å². The predicted molar refractivity (Wildman–Crippen MR) is 103 cm³/mol. The van der Waals surface area contributed by atoms with Crippen LogP contribution >= 0.6 is 0 Å². The summed E-state index contributed by atoms with van der Waals surface area (Å²) in [4.78, 5) is 3.51. The molecular weight excluding hydrogens is 306 g/mol. The minimum absolute atomic E-state index is 0.844. The molecule has 2 heteroatoms. The fraction of sp³-hybridized carbons (Fsp3) is 0.0435. The lowest BCUT2D eigenvalue weighted by molar-refractivity contribution is 0.415. The molecule has 0 radical (unpaired) electrons. The SMILES string of the molecule is COc1ccc(-c2[nH]c3ccccc3c2C#Cc2ccccc2)cc1. The number of nitrogens with one attached hydrogen (secondary N) is 1. The van der Waals surface area contributed by atoms with E-state index in [1.807, 2.05) is 54.6 Å². The number of hydrogen-bond acceptors (Lipinski definition) is 1. The molecule has 3 aromatic carbocycles. The van der Waals surface area contributed by atoms with Crippen molar-refractivity contribution in [1.82, 2.24) is 4.98 Å². The van der Waals surface area contributed by atoms with Gasteiger partial charge in [-0.25, -0.2) is 0 Å². The number of fused-ring (bicyclic) bond motifs is 1. The van der Waals surface area contributed by atoms with Crippen molar-refractivity contribution in [2.75, 3.05) is 7.11 Å². The molecule has 4 rings (SSSR count). The van der Waals surface area contributed by atoms with Crippen LogP contribution in [-0.4, -0.2) is 12.1 Å². The van der Waals surface area contributed by atoms with E-state index in [0.717, 1.165) is 39.0 Å². The quantitative estimate of drug-likeness (QED) is 0.501. The average Bonchev–Trinajstić information content (AvgIpc) is 3.06. The van der Waals surface area contributed by atoms with E-state index >= 15 is 0 Å². The number of H-pyrrole nitrogens is 1. The monoisotopic (exact) mass is 323 g/mol. The summed E-state index contributed by atoms with van der Waals surface area (Å²) in [6.45, 7) is 0. The zero-order valence-corrected chi connectivity index (χ0v) is 13.9. The van der Waals surface area contributed by atoms with Crippen molar-refractivity contribution in [2.45, 2.75) is 0 Å². The van der Waals surface area contributed by atoms with E-state index in [2.05, 4.69) is 41.1 Å². The number of para-hydroxylation sites is 1. The zero-order chi connectivity index (χ0) is 17.1. The summed E-state index contributed by atoms with van der Waals surface area (Å²) in [5.41, 5.74) is 5.24. The Morgan fingerprint density at radius 2 is 1.48 bits per heavy atom. The van der Waals surface area contributed by atoms with E-state index in [1.165, 1.54) is 0 Å². The summed E-state index contributed by atoms with van der Waals surface area (Å²) in [6, 6.07) is 26.4. The van der Waals surface area contributed by atoms with Crippen molar-refractivity contribution in [3.05, 3.63) is 90.0 Å². The van der Waals surface area contributed by atoms with Gasteiger partial charge in [0.15, 0.2) is 0 Å². The zero-order valence-electron chi connectivity index (χ0n) is 13.9. The van der Waals surface area contributed by atoms with Crippen molar-refractivity contribution in [3.8, 4) is 28.8 Å². The highest BCUT2D eigenvalue weighted by Crippen LogP contribution is 2.30. The Balaban J connectivity index is 1.87. The topological polar surface area (TPSA) is 25.0 Å². The van der Waals surface area contributed by atoms with Crippen LogP contribution < -0.4 is 4.74 Å². The third kappa shape index (κ3) is 3.00. The maximum Gasteiger partial charge on any atom is 0.118 e. The van der Waals surface area contributed by atoms with Gasteiger partial charge in [-0.1, -0.05) is 48.2 Å². The molecule has 4 aromatic rings. The van der Waals surface area contributed by atoms with Crippen LogP contribution in [0.25, 0.3) is 22.2 Å². The van der Waals surface area contributed by atoms with E-state index in [4.69, 9.17) is 4.74 Å². The second-order valence-electron chi connectivity index (χ2n) is 5.77. The molecule has 0 aliphatic heterocycles. The minimum atomic E-state index is 0.844. The first-order chi connectivity index (χ1) is 12.3. The van der Waals surface area contributed by atoms with Crippen LogP contribution in [0.4, 0.5) is 0 Å². The largest absolute Gasteiger partial charge is 0.497 e. The van der Waals surface area contributed by atoms with Crippen molar-refractivity contribution in [2.24, 2.45) is 0 Å². The molecule has 0 saturated heterocycles. The summed E-state index contributed by atoms with van der Waals surface area (Å²) in [6.07, 6.45) is 0. The third-order valence-electron chi connectivity index (χ3n) is 4.19. The molecule has 0 aliphatic rings. The summed E-state index contributed by atoms with van der Waals surface area (Å²) in [5.74, 6) is 7.49. The van der Waals surface area contributed by atoms with Gasteiger partial charge >= 0.3 is 0 Å². The van der Waals surface area contributed by atoms with Gasteiger partial charge in [0, 0.05) is 16.5 Å². The lowest BCUT2D eigenvalue weighted by Crippen LogP contribution is -1.85. The Hall–Kier alpha value is -3.44. The van der Waals surface area contributed by atoms with Crippen LogP contribution in [0.3, 0.4) is 0 Å². The molecule has 0 atom stereocenters. The first-order valence-electron chi connectivity index (χ1n) is 8.17. The van der Waals surface area contributed by atoms with Crippen molar-refractivity contribution >= 4 is 10.9 Å². The van der Waals surface area contributed by atoms with E-state index in [1.54, 1.807) is 7.11 Å². The summed E-state index contributed by atoms with van der Waals surface area (Å²) in [5, 5.41) is 1.14. The first kappa shape index (κ1) is 15.1. The normalized spacial score (nSPS) is 10.3. The van der Waals surface area contributed by atoms with Gasteiger partial charge in [-0.2, -0.15) is 0 Å². The van der Waals surface area contributed by atoms with Crippen LogP contribution in [0.15, 0.2) is 78.9 Å². The number of aromatic nitrogens is 1. The number of methoxy groups -OCH3 is 1. The molecule has 1 N–H and O–H groups in total. The number of aromatic amines is 1. The Labute approximate surface area is 147 Å². The molecule has 120 valence electrons. The smallest absolute Gasteiger partial charge is 0.118 e. The molecule has 1 heterocycles. The average molecular weight is 323 g/mol. The van der Waals surface area contributed by atoms with Gasteiger partial charge in [0.2, 0.25) is 0 Å². The van der Waals surface area contributed by atoms with E-state index in [9.17, 15) is 0 Å². The maximum atomic E-state index is 5.26. The molecule has 2 nitrogen and oxygen atoms in total. The van der Waals surface area contributed by atoms with Crippen LogP contribution in [0.1, 0.15) is 11.1 Å². The number of benzene rings is 3. The molecule has 0 saturated carbocycles. The predicted octanol–water partition coefficient (Wildman–Crippen LogP) is 5.24. The molecule has 0 aliphatic carbocycles. The molecule has 0 unspecified atom stereocenters. The maximum absolute atomic E-state index is 5.26. The van der Waals surface area contributed by atoms with Crippen LogP contribution in [0, 0.1) is 11.8 Å². The number of rotatable bonds is 2. The Kier molecular flexibility index (Phi) is 3.98. The van der Waals surface area contributed by atoms with E-state index in [0.29, 0.717) is 0 Å². The second kappa shape index (κ2) is 6.59. The summed E-state index contributed by atoms with van der Waals surface area (Å²) in [7, 11) is 1.68. The van der Waals surface area contributed by atoms with Gasteiger partial charge < -0.3 is 9.72 Å². The highest BCUT2D eigenvalue weighted by Gasteiger charge is 2.11. The van der Waals surface area contributed by atoms with Gasteiger partial charge in [-0.05, 0) is 48.0 Å². The summed E-state index contributed by atoms with van der Waals surface area (Å²) < 4.78 is 5.26. The Morgan fingerprint density at radius 3 is 2.24 bits per heavy atom. The second-order valence-corrected chi connectivity index (χ2v) is 5.77. The lowest BCUT2D eigenvalue weighted by Gasteiger charge is -2.03. The standard InChI is InChI=1S/C23H17NO/c1-25-19-14-12-18(13-15-19)23-21(16-11-17-7-3-2-4-8-17)20-9-5-6-10-22(20)24-23/h2-10,12-15,24H,1H3. The molecule has 0 bridgehead atoms. The van der Waals surface area contributed by atoms with Crippen molar-refractivity contribution in [3.63, 3.8) is 0 Å². The molecule has 0 fully saturated rings. The van der Waals surface area contributed by atoms with Gasteiger partial charge in [0.1, 0.15) is 5.75 Å². The molecule has 0 spiro atoms. The van der Waals surface area contributed by atoms with E-state index in [-0.39, 0.29) is 0 Å². The van der Waals surface area contributed by atoms with Crippen molar-refractivity contribution < 1.29 is 4.74 Å². The number of ether oxygens (including phenoxy) is 1. The van der Waals surface area contributed by atoms with Gasteiger partial charge in [0.25, 0.3) is 0 Å². The Morgan fingerprint density at radius 1 is 0.760 bits per heavy atom. The minimum Gasteiger partial charge on any atom is -0.497 e. The highest BCUT2D eigenvalue weighted by atomic mass is 16.5. The van der Waals surface area contributed by atoms with Crippen molar-refractivity contribution in [1.29, 1.82) is 0 Å². The lowest BCUT2D eigenvalue weighted by atomic mass is 10.0. The highest BCUT2D eigenvalue weighted by molar-refractivity contribution is 5.94. The van der Waals surface area contributed by atoms with Gasteiger partial charge in [-0.3, -0.25) is 0 Å². The fourth-order valence-electron chi connectivity index (χ4n) is 2.90. The van der Waals surface area contributed by atoms with Crippen LogP contribution in [0.5, 0.6) is 5.75 Å². The first-order valence-corrected chi connectivity index (χ1v) is 8.17. The van der Waals surface area contributed by atoms with Gasteiger partial charge in [0.05, 0.1) is 18.4 Å². The van der Waals surface area contributed by atoms with Crippen LogP contribution in [0.2, 0.25) is 0 Å². The Bertz CT molecular complexity index is 1060. The molecular formula is C23H17NO. The molecule has 25 heavy (non-hydrogen) atoms. The number of hydrogen-bond donors (Lipinski definition) is 1. The third-order valence-corrected chi connectivity index (χ3v) is 4.19. The fourth-order valence-corrected chi connectivity index (χ4v) is 2.90. The van der Waals surface area contributed by atoms with Gasteiger partial charge in [-0.15, -0.1) is 0 Å². The van der Waals surface area contributed by atoms with E-state index < -0.39 is 0 Å². The molecule has 1 aromatic heterocycles. The summed E-state index contributed by atoms with van der Waals surface area (Å²) >= 11 is 0.